The van der Waals surface area contributed by atoms with Crippen molar-refractivity contribution >= 4 is 0 Å². The summed E-state index contributed by atoms with van der Waals surface area (Å²) in [5, 5.41) is 0. The lowest BCUT2D eigenvalue weighted by Gasteiger charge is -2.20. The summed E-state index contributed by atoms with van der Waals surface area (Å²) in [5.74, 6) is 0. The first-order valence-corrected chi connectivity index (χ1v) is 4.31. The van der Waals surface area contributed by atoms with Gasteiger partial charge in [-0.15, -0.1) is 0 Å². The fourth-order valence-electron chi connectivity index (χ4n) is 0.977. The van der Waals surface area contributed by atoms with Crippen molar-refractivity contribution in [2.75, 3.05) is 19.6 Å². The van der Waals surface area contributed by atoms with E-state index in [2.05, 4.69) is 24.0 Å². The van der Waals surface area contributed by atoms with E-state index in [4.69, 9.17) is 0 Å². The normalized spacial score (nSPS) is 17.9. The van der Waals surface area contributed by atoms with Crippen molar-refractivity contribution in [3.63, 3.8) is 0 Å². The van der Waals surface area contributed by atoms with Crippen LogP contribution in [0.1, 0.15) is 27.2 Å². The Bertz CT molecular complexity index is 86.7. The van der Waals surface area contributed by atoms with Gasteiger partial charge < -0.3 is 0 Å². The van der Waals surface area contributed by atoms with Gasteiger partial charge in [-0.05, 0) is 13.0 Å². The molecule has 0 aliphatic carbocycles. The van der Waals surface area contributed by atoms with E-state index in [0.717, 1.165) is 6.54 Å². The third kappa shape index (κ3) is 3.67. The SMILES string of the molecule is CC.CCN1CC=CCC1. The summed E-state index contributed by atoms with van der Waals surface area (Å²) < 4.78 is 0. The Hall–Kier alpha value is -0.300. The largest absolute Gasteiger partial charge is 0.300 e. The van der Waals surface area contributed by atoms with E-state index in [1.54, 1.807) is 0 Å². The van der Waals surface area contributed by atoms with Crippen molar-refractivity contribution in [3.05, 3.63) is 12.2 Å². The predicted octanol–water partition coefficient (Wildman–Crippen LogP) is 2.29. The molecule has 1 nitrogen and oxygen atoms in total. The number of likely N-dealkylation sites (N-methyl/N-ethyl adjacent to an activating group) is 1. The number of hydrogen-bond acceptors (Lipinski definition) is 1. The van der Waals surface area contributed by atoms with Crippen LogP contribution in [-0.2, 0) is 0 Å². The molecule has 1 heteroatoms. The predicted molar refractivity (Wildman–Crippen MR) is 47.2 cm³/mol. The summed E-state index contributed by atoms with van der Waals surface area (Å²) >= 11 is 0. The van der Waals surface area contributed by atoms with E-state index in [1.165, 1.54) is 19.5 Å². The summed E-state index contributed by atoms with van der Waals surface area (Å²) in [4.78, 5) is 2.43. The van der Waals surface area contributed by atoms with Gasteiger partial charge in [0.1, 0.15) is 0 Å². The molecule has 0 N–H and O–H groups in total. The quantitative estimate of drug-likeness (QED) is 0.506. The minimum Gasteiger partial charge on any atom is -0.300 e. The Balaban J connectivity index is 0.000000371. The van der Waals surface area contributed by atoms with Crippen molar-refractivity contribution in [2.24, 2.45) is 0 Å². The van der Waals surface area contributed by atoms with E-state index >= 15 is 0 Å². The van der Waals surface area contributed by atoms with Gasteiger partial charge in [-0.1, -0.05) is 32.9 Å². The number of nitrogens with zero attached hydrogens (tertiary/aromatic N) is 1. The minimum absolute atomic E-state index is 1.16. The molecule has 0 atom stereocenters. The van der Waals surface area contributed by atoms with Crippen LogP contribution >= 0.6 is 0 Å². The van der Waals surface area contributed by atoms with Crippen LogP contribution in [0.5, 0.6) is 0 Å². The van der Waals surface area contributed by atoms with Crippen molar-refractivity contribution < 1.29 is 0 Å². The monoisotopic (exact) mass is 141 g/mol. The van der Waals surface area contributed by atoms with Gasteiger partial charge >= 0.3 is 0 Å². The average Bonchev–Trinajstić information content (AvgIpc) is 2.10. The van der Waals surface area contributed by atoms with E-state index in [-0.39, 0.29) is 0 Å². The molecule has 1 heterocycles. The highest BCUT2D eigenvalue weighted by atomic mass is 15.1. The highest BCUT2D eigenvalue weighted by Gasteiger charge is 2.00. The lowest BCUT2D eigenvalue weighted by molar-refractivity contribution is 0.315. The molecule has 1 aliphatic rings. The molecule has 0 aromatic carbocycles. The average molecular weight is 141 g/mol. The third-order valence-corrected chi connectivity index (χ3v) is 1.59. The van der Waals surface area contributed by atoms with Crippen molar-refractivity contribution in [1.82, 2.24) is 4.90 Å². The van der Waals surface area contributed by atoms with Gasteiger partial charge in [-0.2, -0.15) is 0 Å². The van der Waals surface area contributed by atoms with Gasteiger partial charge in [0.05, 0.1) is 0 Å². The highest BCUT2D eigenvalue weighted by Crippen LogP contribution is 1.98. The molecular weight excluding hydrogens is 122 g/mol. The van der Waals surface area contributed by atoms with Gasteiger partial charge in [-0.3, -0.25) is 4.90 Å². The highest BCUT2D eigenvalue weighted by molar-refractivity contribution is 4.90. The maximum absolute atomic E-state index is 2.43. The lowest BCUT2D eigenvalue weighted by Crippen LogP contribution is -2.26. The Labute approximate surface area is 64.7 Å². The van der Waals surface area contributed by atoms with Gasteiger partial charge in [0.25, 0.3) is 0 Å². The van der Waals surface area contributed by atoms with Gasteiger partial charge in [-0.25, -0.2) is 0 Å². The molecule has 0 fully saturated rings. The summed E-state index contributed by atoms with van der Waals surface area (Å²) in [5.41, 5.74) is 0. The van der Waals surface area contributed by atoms with Crippen LogP contribution in [-0.4, -0.2) is 24.5 Å². The third-order valence-electron chi connectivity index (χ3n) is 1.59. The minimum atomic E-state index is 1.16. The molecule has 0 aromatic heterocycles. The molecule has 0 aromatic rings. The second-order valence-electron chi connectivity index (χ2n) is 2.15. The fourth-order valence-corrected chi connectivity index (χ4v) is 0.977. The molecule has 10 heavy (non-hydrogen) atoms. The molecule has 0 radical (unpaired) electrons. The van der Waals surface area contributed by atoms with Crippen LogP contribution in [0.15, 0.2) is 12.2 Å². The van der Waals surface area contributed by atoms with Crippen LogP contribution < -0.4 is 0 Å². The van der Waals surface area contributed by atoms with Crippen LogP contribution in [0.4, 0.5) is 0 Å². The van der Waals surface area contributed by atoms with Gasteiger partial charge in [0.15, 0.2) is 0 Å². The van der Waals surface area contributed by atoms with Gasteiger partial charge in [0, 0.05) is 13.1 Å². The Morgan fingerprint density at radius 3 is 2.30 bits per heavy atom. The van der Waals surface area contributed by atoms with E-state index in [9.17, 15) is 0 Å². The zero-order valence-corrected chi connectivity index (χ0v) is 7.43. The standard InChI is InChI=1S/C7H13N.C2H6/c1-2-8-6-4-3-5-7-8;1-2/h3-4H,2,5-7H2,1H3;1-2H3. The second-order valence-corrected chi connectivity index (χ2v) is 2.15. The lowest BCUT2D eigenvalue weighted by atomic mass is 10.2. The molecule has 0 unspecified atom stereocenters. The van der Waals surface area contributed by atoms with E-state index in [1.807, 2.05) is 13.8 Å². The topological polar surface area (TPSA) is 3.24 Å². The van der Waals surface area contributed by atoms with Crippen molar-refractivity contribution in [2.45, 2.75) is 27.2 Å². The summed E-state index contributed by atoms with van der Waals surface area (Å²) in [7, 11) is 0. The Morgan fingerprint density at radius 1 is 1.30 bits per heavy atom. The first-order chi connectivity index (χ1) is 4.93. The van der Waals surface area contributed by atoms with Gasteiger partial charge in [0.2, 0.25) is 0 Å². The fraction of sp³-hybridized carbons (Fsp3) is 0.778. The van der Waals surface area contributed by atoms with E-state index in [0.29, 0.717) is 0 Å². The molecule has 0 bridgehead atoms. The second kappa shape index (κ2) is 6.81. The smallest absolute Gasteiger partial charge is 0.0163 e. The van der Waals surface area contributed by atoms with Crippen LogP contribution in [0.25, 0.3) is 0 Å². The Morgan fingerprint density at radius 2 is 2.00 bits per heavy atom. The first-order valence-electron chi connectivity index (χ1n) is 4.31. The molecule has 0 amide bonds. The maximum atomic E-state index is 2.43. The zero-order valence-electron chi connectivity index (χ0n) is 7.43. The molecular formula is C9H19N. The number of hydrogen-bond donors (Lipinski definition) is 0. The Kier molecular flexibility index (Phi) is 6.61. The van der Waals surface area contributed by atoms with Crippen molar-refractivity contribution in [1.29, 1.82) is 0 Å². The molecule has 0 saturated heterocycles. The molecule has 0 spiro atoms. The summed E-state index contributed by atoms with van der Waals surface area (Å²) in [6.07, 6.45) is 5.74. The van der Waals surface area contributed by atoms with Crippen LogP contribution in [0.3, 0.4) is 0 Å². The molecule has 0 saturated carbocycles. The van der Waals surface area contributed by atoms with E-state index < -0.39 is 0 Å². The summed E-state index contributed by atoms with van der Waals surface area (Å²) in [6, 6.07) is 0. The maximum Gasteiger partial charge on any atom is 0.0163 e. The molecule has 1 aliphatic heterocycles. The molecule has 60 valence electrons. The molecule has 1 rings (SSSR count). The van der Waals surface area contributed by atoms with Crippen LogP contribution in [0, 0.1) is 0 Å². The summed E-state index contributed by atoms with van der Waals surface area (Å²) in [6.45, 7) is 9.83. The first kappa shape index (κ1) is 9.70. The zero-order chi connectivity index (χ0) is 7.82. The van der Waals surface area contributed by atoms with Crippen molar-refractivity contribution in [3.8, 4) is 0 Å². The van der Waals surface area contributed by atoms with Crippen LogP contribution in [0.2, 0.25) is 0 Å². The number of rotatable bonds is 1.